The molecular weight excluding hydrogens is 237 g/mol. The van der Waals surface area contributed by atoms with Gasteiger partial charge in [-0.1, -0.05) is 0 Å². The second kappa shape index (κ2) is 3.76. The molecule has 0 saturated heterocycles. The highest BCUT2D eigenvalue weighted by Gasteiger charge is 2.36. The SMILES string of the molecule is COC(=O)c1ccc2[nH]nc(C(F)(F)F)c2c1. The first-order valence-electron chi connectivity index (χ1n) is 4.57. The van der Waals surface area contributed by atoms with Crippen LogP contribution in [0.5, 0.6) is 0 Å². The molecule has 0 atom stereocenters. The summed E-state index contributed by atoms with van der Waals surface area (Å²) in [7, 11) is 1.16. The molecule has 0 amide bonds. The molecule has 0 saturated carbocycles. The summed E-state index contributed by atoms with van der Waals surface area (Å²) >= 11 is 0. The van der Waals surface area contributed by atoms with Crippen molar-refractivity contribution in [2.75, 3.05) is 7.11 Å². The van der Waals surface area contributed by atoms with Gasteiger partial charge in [-0.2, -0.15) is 18.3 Å². The van der Waals surface area contributed by atoms with Crippen LogP contribution in [-0.2, 0) is 10.9 Å². The van der Waals surface area contributed by atoms with Gasteiger partial charge in [-0.3, -0.25) is 5.10 Å². The molecule has 17 heavy (non-hydrogen) atoms. The Balaban J connectivity index is 2.62. The molecule has 2 aromatic rings. The number of benzene rings is 1. The summed E-state index contributed by atoms with van der Waals surface area (Å²) in [6.45, 7) is 0. The summed E-state index contributed by atoms with van der Waals surface area (Å²) < 4.78 is 42.1. The van der Waals surface area contributed by atoms with Crippen LogP contribution in [0.25, 0.3) is 10.9 Å². The lowest BCUT2D eigenvalue weighted by Gasteiger charge is -2.03. The molecule has 90 valence electrons. The molecule has 7 heteroatoms. The van der Waals surface area contributed by atoms with Crippen LogP contribution < -0.4 is 0 Å². The normalized spacial score (nSPS) is 11.8. The summed E-state index contributed by atoms with van der Waals surface area (Å²) in [5.41, 5.74) is -0.782. The third-order valence-electron chi connectivity index (χ3n) is 2.25. The smallest absolute Gasteiger partial charge is 0.435 e. The lowest BCUT2D eigenvalue weighted by molar-refractivity contribution is -0.139. The number of methoxy groups -OCH3 is 1. The number of nitrogens with zero attached hydrogens (tertiary/aromatic N) is 1. The summed E-state index contributed by atoms with van der Waals surface area (Å²) in [6.07, 6.45) is -4.56. The number of ether oxygens (including phenoxy) is 1. The predicted molar refractivity (Wildman–Crippen MR) is 52.4 cm³/mol. The standard InChI is InChI=1S/C10H7F3N2O2/c1-17-9(16)5-2-3-7-6(4-5)8(15-14-7)10(11,12)13/h2-4H,1H3,(H,14,15). The maximum Gasteiger partial charge on any atom is 0.435 e. The Kier molecular flexibility index (Phi) is 2.53. The maximum absolute atomic E-state index is 12.6. The molecule has 2 rings (SSSR count). The van der Waals surface area contributed by atoms with E-state index in [4.69, 9.17) is 0 Å². The number of nitrogens with one attached hydrogen (secondary N) is 1. The van der Waals surface area contributed by atoms with Crippen LogP contribution in [0, 0.1) is 0 Å². The van der Waals surface area contributed by atoms with E-state index in [9.17, 15) is 18.0 Å². The van der Waals surface area contributed by atoms with Gasteiger partial charge >= 0.3 is 12.1 Å². The van der Waals surface area contributed by atoms with E-state index in [2.05, 4.69) is 14.9 Å². The highest BCUT2D eigenvalue weighted by molar-refractivity contribution is 5.95. The largest absolute Gasteiger partial charge is 0.465 e. The van der Waals surface area contributed by atoms with Crippen molar-refractivity contribution >= 4 is 16.9 Å². The second-order valence-corrected chi connectivity index (χ2v) is 3.32. The first-order valence-corrected chi connectivity index (χ1v) is 4.57. The van der Waals surface area contributed by atoms with Crippen LogP contribution in [0.3, 0.4) is 0 Å². The molecule has 0 aliphatic carbocycles. The number of rotatable bonds is 1. The van der Waals surface area contributed by atoms with Gasteiger partial charge in [0.1, 0.15) is 0 Å². The van der Waals surface area contributed by atoms with Gasteiger partial charge in [0, 0.05) is 5.39 Å². The molecule has 4 nitrogen and oxygen atoms in total. The van der Waals surface area contributed by atoms with Crippen molar-refractivity contribution < 1.29 is 22.7 Å². The zero-order valence-corrected chi connectivity index (χ0v) is 8.63. The summed E-state index contributed by atoms with van der Waals surface area (Å²) in [4.78, 5) is 11.2. The van der Waals surface area contributed by atoms with Crippen molar-refractivity contribution in [3.05, 3.63) is 29.5 Å². The van der Waals surface area contributed by atoms with Crippen molar-refractivity contribution in [3.63, 3.8) is 0 Å². The van der Waals surface area contributed by atoms with Crippen LogP contribution in [0.15, 0.2) is 18.2 Å². The predicted octanol–water partition coefficient (Wildman–Crippen LogP) is 2.37. The van der Waals surface area contributed by atoms with E-state index in [1.165, 1.54) is 12.1 Å². The van der Waals surface area contributed by atoms with E-state index in [0.717, 1.165) is 13.2 Å². The molecular formula is C10H7F3N2O2. The third-order valence-corrected chi connectivity index (χ3v) is 2.25. The summed E-state index contributed by atoms with van der Waals surface area (Å²) in [5, 5.41) is 5.30. The molecule has 0 spiro atoms. The quantitative estimate of drug-likeness (QED) is 0.783. The Bertz CT molecular complexity index is 574. The molecule has 1 heterocycles. The third kappa shape index (κ3) is 1.95. The average Bonchev–Trinajstić information content (AvgIpc) is 2.70. The van der Waals surface area contributed by atoms with Crippen LogP contribution in [0.1, 0.15) is 16.1 Å². The minimum Gasteiger partial charge on any atom is -0.465 e. The fraction of sp³-hybridized carbons (Fsp3) is 0.200. The Hall–Kier alpha value is -2.05. The number of halogens is 3. The number of H-pyrrole nitrogens is 1. The van der Waals surface area contributed by atoms with E-state index in [-0.39, 0.29) is 16.5 Å². The minimum atomic E-state index is -4.56. The van der Waals surface area contributed by atoms with E-state index >= 15 is 0 Å². The average molecular weight is 244 g/mol. The van der Waals surface area contributed by atoms with Crippen LogP contribution in [0.2, 0.25) is 0 Å². The molecule has 1 N–H and O–H groups in total. The van der Waals surface area contributed by atoms with Gasteiger partial charge in [0.15, 0.2) is 5.69 Å². The zero-order valence-electron chi connectivity index (χ0n) is 8.63. The minimum absolute atomic E-state index is 0.0481. The molecule has 0 bridgehead atoms. The number of hydrogen-bond acceptors (Lipinski definition) is 3. The second-order valence-electron chi connectivity index (χ2n) is 3.32. The van der Waals surface area contributed by atoms with Gasteiger partial charge in [0.25, 0.3) is 0 Å². The van der Waals surface area contributed by atoms with Crippen molar-refractivity contribution in [3.8, 4) is 0 Å². The lowest BCUT2D eigenvalue weighted by Crippen LogP contribution is -2.06. The van der Waals surface area contributed by atoms with Gasteiger partial charge < -0.3 is 4.74 Å². The Labute approximate surface area is 93.4 Å². The lowest BCUT2D eigenvalue weighted by atomic mass is 10.1. The van der Waals surface area contributed by atoms with E-state index in [1.807, 2.05) is 0 Å². The number of esters is 1. The number of fused-ring (bicyclic) bond motifs is 1. The molecule has 1 aromatic carbocycles. The highest BCUT2D eigenvalue weighted by Crippen LogP contribution is 2.33. The van der Waals surface area contributed by atoms with E-state index in [1.54, 1.807) is 0 Å². The summed E-state index contributed by atoms with van der Waals surface area (Å²) in [5.74, 6) is -0.693. The maximum atomic E-state index is 12.6. The van der Waals surface area contributed by atoms with Gasteiger partial charge in [0.05, 0.1) is 18.2 Å². The molecule has 0 fully saturated rings. The van der Waals surface area contributed by atoms with Crippen molar-refractivity contribution in [2.45, 2.75) is 6.18 Å². The number of carbonyl (C=O) groups excluding carboxylic acids is 1. The van der Waals surface area contributed by atoms with Crippen LogP contribution in [0.4, 0.5) is 13.2 Å². The molecule has 0 radical (unpaired) electrons. The Morgan fingerprint density at radius 1 is 1.41 bits per heavy atom. The first kappa shape index (κ1) is 11.4. The highest BCUT2D eigenvalue weighted by atomic mass is 19.4. The zero-order chi connectivity index (χ0) is 12.6. The molecule has 0 unspecified atom stereocenters. The van der Waals surface area contributed by atoms with Crippen LogP contribution in [-0.4, -0.2) is 23.3 Å². The fourth-order valence-electron chi connectivity index (χ4n) is 1.47. The molecule has 0 aliphatic heterocycles. The number of alkyl halides is 3. The van der Waals surface area contributed by atoms with Gasteiger partial charge in [0.2, 0.25) is 0 Å². The van der Waals surface area contributed by atoms with E-state index < -0.39 is 17.8 Å². The first-order chi connectivity index (χ1) is 7.93. The van der Waals surface area contributed by atoms with Gasteiger partial charge in [-0.05, 0) is 18.2 Å². The number of aromatic amines is 1. The number of aromatic nitrogens is 2. The van der Waals surface area contributed by atoms with E-state index in [0.29, 0.717) is 0 Å². The fourth-order valence-corrected chi connectivity index (χ4v) is 1.47. The molecule has 1 aromatic heterocycles. The topological polar surface area (TPSA) is 55.0 Å². The summed E-state index contributed by atoms with van der Waals surface area (Å²) in [6, 6.07) is 3.82. The van der Waals surface area contributed by atoms with Crippen LogP contribution >= 0.6 is 0 Å². The number of hydrogen-bond donors (Lipinski definition) is 1. The van der Waals surface area contributed by atoms with Gasteiger partial charge in [-0.15, -0.1) is 0 Å². The molecule has 0 aliphatic rings. The number of carbonyl (C=O) groups is 1. The van der Waals surface area contributed by atoms with Crippen molar-refractivity contribution in [1.82, 2.24) is 10.2 Å². The van der Waals surface area contributed by atoms with Gasteiger partial charge in [-0.25, -0.2) is 4.79 Å². The van der Waals surface area contributed by atoms with Crippen molar-refractivity contribution in [1.29, 1.82) is 0 Å². The van der Waals surface area contributed by atoms with Crippen molar-refractivity contribution in [2.24, 2.45) is 0 Å². The monoisotopic (exact) mass is 244 g/mol. The Morgan fingerprint density at radius 2 is 2.12 bits per heavy atom. The Morgan fingerprint density at radius 3 is 2.71 bits per heavy atom.